The van der Waals surface area contributed by atoms with Gasteiger partial charge in [-0.05, 0) is 16.8 Å². The number of fused-ring (bicyclic) bond motifs is 1. The van der Waals surface area contributed by atoms with Gasteiger partial charge in [0.25, 0.3) is 0 Å². The van der Waals surface area contributed by atoms with E-state index in [1.807, 2.05) is 17.5 Å². The van der Waals surface area contributed by atoms with Gasteiger partial charge < -0.3 is 14.9 Å². The molecule has 0 aliphatic rings. The summed E-state index contributed by atoms with van der Waals surface area (Å²) in [5.41, 5.74) is 0.537. The van der Waals surface area contributed by atoms with Gasteiger partial charge in [-0.15, -0.1) is 11.3 Å². The van der Waals surface area contributed by atoms with Gasteiger partial charge in [0.15, 0.2) is 6.10 Å². The highest BCUT2D eigenvalue weighted by molar-refractivity contribution is 7.17. The van der Waals surface area contributed by atoms with Crippen molar-refractivity contribution in [1.82, 2.24) is 0 Å². The highest BCUT2D eigenvalue weighted by Crippen LogP contribution is 2.30. The van der Waals surface area contributed by atoms with Crippen LogP contribution >= 0.6 is 11.3 Å². The molecular weight excluding hydrogens is 240 g/mol. The number of aliphatic hydroxyl groups excluding tert-OH is 2. The van der Waals surface area contributed by atoms with Crippen molar-refractivity contribution in [3.63, 3.8) is 0 Å². The van der Waals surface area contributed by atoms with Gasteiger partial charge in [-0.3, -0.25) is 0 Å². The Labute approximate surface area is 102 Å². The van der Waals surface area contributed by atoms with Crippen LogP contribution in [0.2, 0.25) is 0 Å². The van der Waals surface area contributed by atoms with E-state index in [0.717, 1.165) is 10.1 Å². The van der Waals surface area contributed by atoms with Crippen LogP contribution in [0.1, 0.15) is 11.7 Å². The van der Waals surface area contributed by atoms with Crippen molar-refractivity contribution < 1.29 is 19.7 Å². The number of carbonyl (C=O) groups excluding carboxylic acids is 1. The van der Waals surface area contributed by atoms with E-state index in [1.165, 1.54) is 18.4 Å². The molecule has 0 saturated heterocycles. The second-order valence-electron chi connectivity index (χ2n) is 3.60. The van der Waals surface area contributed by atoms with E-state index in [-0.39, 0.29) is 0 Å². The lowest BCUT2D eigenvalue weighted by molar-refractivity contribution is -0.156. The molecule has 0 bridgehead atoms. The van der Waals surface area contributed by atoms with Crippen LogP contribution in [0.4, 0.5) is 0 Å². The summed E-state index contributed by atoms with van der Waals surface area (Å²) in [4.78, 5) is 11.2. The van der Waals surface area contributed by atoms with Gasteiger partial charge >= 0.3 is 5.97 Å². The van der Waals surface area contributed by atoms with Crippen molar-refractivity contribution in [3.8, 4) is 0 Å². The van der Waals surface area contributed by atoms with Crippen LogP contribution in [0.15, 0.2) is 29.6 Å². The lowest BCUT2D eigenvalue weighted by Crippen LogP contribution is -2.29. The van der Waals surface area contributed by atoms with Crippen LogP contribution in [0, 0.1) is 0 Å². The molecule has 2 rings (SSSR count). The van der Waals surface area contributed by atoms with E-state index in [1.54, 1.807) is 12.1 Å². The maximum atomic E-state index is 11.2. The van der Waals surface area contributed by atoms with Crippen molar-refractivity contribution in [2.24, 2.45) is 0 Å². The molecule has 0 spiro atoms. The topological polar surface area (TPSA) is 66.8 Å². The Hall–Kier alpha value is -1.43. The predicted molar refractivity (Wildman–Crippen MR) is 64.8 cm³/mol. The molecule has 90 valence electrons. The summed E-state index contributed by atoms with van der Waals surface area (Å²) in [7, 11) is 1.17. The van der Waals surface area contributed by atoms with Crippen LogP contribution in [0.5, 0.6) is 0 Å². The van der Waals surface area contributed by atoms with E-state index in [9.17, 15) is 15.0 Å². The van der Waals surface area contributed by atoms with E-state index in [0.29, 0.717) is 5.56 Å². The molecule has 0 fully saturated rings. The molecule has 1 aromatic heterocycles. The fourth-order valence-electron chi connectivity index (χ4n) is 1.67. The largest absolute Gasteiger partial charge is 0.467 e. The highest BCUT2D eigenvalue weighted by atomic mass is 32.1. The maximum Gasteiger partial charge on any atom is 0.337 e. The average Bonchev–Trinajstić information content (AvgIpc) is 2.83. The predicted octanol–water partition coefficient (Wildman–Crippen LogP) is 1.47. The number of rotatable bonds is 3. The molecular formula is C12H12O4S. The smallest absolute Gasteiger partial charge is 0.337 e. The number of aliphatic hydroxyl groups is 2. The second kappa shape index (κ2) is 4.83. The first kappa shape index (κ1) is 12.0. The molecule has 2 aromatic rings. The molecule has 17 heavy (non-hydrogen) atoms. The Morgan fingerprint density at radius 1 is 1.35 bits per heavy atom. The molecule has 0 amide bonds. The van der Waals surface area contributed by atoms with Crippen LogP contribution in [0.3, 0.4) is 0 Å². The molecule has 0 aliphatic carbocycles. The molecule has 0 aliphatic heterocycles. The van der Waals surface area contributed by atoms with Crippen LogP contribution in [-0.4, -0.2) is 29.4 Å². The average molecular weight is 252 g/mol. The Morgan fingerprint density at radius 3 is 2.82 bits per heavy atom. The normalized spacial score (nSPS) is 14.5. The first-order valence-electron chi connectivity index (χ1n) is 5.05. The number of esters is 1. The number of hydrogen-bond acceptors (Lipinski definition) is 5. The lowest BCUT2D eigenvalue weighted by Gasteiger charge is -2.16. The summed E-state index contributed by atoms with van der Waals surface area (Å²) in [6.07, 6.45) is -2.84. The summed E-state index contributed by atoms with van der Waals surface area (Å²) in [6, 6.07) is 7.29. The van der Waals surface area contributed by atoms with Gasteiger partial charge in [0.2, 0.25) is 0 Å². The third-order valence-electron chi connectivity index (χ3n) is 2.57. The molecule has 1 heterocycles. The molecule has 2 N–H and O–H groups in total. The summed E-state index contributed by atoms with van der Waals surface area (Å²) in [5, 5.41) is 22.4. The number of methoxy groups -OCH3 is 1. The van der Waals surface area contributed by atoms with Gasteiger partial charge in [-0.1, -0.05) is 18.2 Å². The van der Waals surface area contributed by atoms with E-state index < -0.39 is 18.2 Å². The van der Waals surface area contributed by atoms with E-state index in [2.05, 4.69) is 4.74 Å². The molecule has 0 radical (unpaired) electrons. The first-order valence-corrected chi connectivity index (χ1v) is 5.93. The summed E-state index contributed by atoms with van der Waals surface area (Å²) in [5.74, 6) is -0.842. The number of ether oxygens (including phenoxy) is 1. The van der Waals surface area contributed by atoms with Crippen molar-refractivity contribution in [2.75, 3.05) is 7.11 Å². The van der Waals surface area contributed by atoms with Gasteiger partial charge in [0.05, 0.1) is 7.11 Å². The summed E-state index contributed by atoms with van der Waals surface area (Å²) in [6.45, 7) is 0. The quantitative estimate of drug-likeness (QED) is 0.812. The highest BCUT2D eigenvalue weighted by Gasteiger charge is 2.27. The Bertz CT molecular complexity index is 534. The fraction of sp³-hybridized carbons (Fsp3) is 0.250. The third kappa shape index (κ3) is 2.17. The lowest BCUT2D eigenvalue weighted by atomic mass is 10.0. The number of hydrogen-bond donors (Lipinski definition) is 2. The monoisotopic (exact) mass is 252 g/mol. The van der Waals surface area contributed by atoms with Crippen LogP contribution in [0.25, 0.3) is 10.1 Å². The Balaban J connectivity index is 2.39. The summed E-state index contributed by atoms with van der Waals surface area (Å²) < 4.78 is 5.27. The van der Waals surface area contributed by atoms with E-state index >= 15 is 0 Å². The zero-order valence-corrected chi connectivity index (χ0v) is 9.98. The molecule has 4 nitrogen and oxygen atoms in total. The standard InChI is InChI=1S/C12H12O4S/c1-16-12(15)10(14)9(13)8-4-2-3-7-5-6-17-11(7)8/h2-6,9-10,13-14H,1H3. The third-order valence-corrected chi connectivity index (χ3v) is 3.55. The molecule has 0 saturated carbocycles. The van der Waals surface area contributed by atoms with Gasteiger partial charge in [-0.25, -0.2) is 4.79 Å². The van der Waals surface area contributed by atoms with Crippen molar-refractivity contribution in [1.29, 1.82) is 0 Å². The Kier molecular flexibility index (Phi) is 3.42. The minimum atomic E-state index is -1.56. The maximum absolute atomic E-state index is 11.2. The molecule has 2 unspecified atom stereocenters. The molecule has 5 heteroatoms. The summed E-state index contributed by atoms with van der Waals surface area (Å²) >= 11 is 1.46. The zero-order valence-electron chi connectivity index (χ0n) is 9.16. The van der Waals surface area contributed by atoms with E-state index in [4.69, 9.17) is 0 Å². The number of carbonyl (C=O) groups is 1. The fourth-order valence-corrected chi connectivity index (χ4v) is 2.62. The minimum absolute atomic E-state index is 0.537. The number of thiophene rings is 1. The Morgan fingerprint density at radius 2 is 2.12 bits per heavy atom. The van der Waals surface area contributed by atoms with Crippen molar-refractivity contribution in [2.45, 2.75) is 12.2 Å². The number of benzene rings is 1. The van der Waals surface area contributed by atoms with Crippen LogP contribution < -0.4 is 0 Å². The van der Waals surface area contributed by atoms with Crippen molar-refractivity contribution >= 4 is 27.4 Å². The van der Waals surface area contributed by atoms with Gasteiger partial charge in [0.1, 0.15) is 6.10 Å². The van der Waals surface area contributed by atoms with Crippen molar-refractivity contribution in [3.05, 3.63) is 35.2 Å². The van der Waals surface area contributed by atoms with Gasteiger partial charge in [0, 0.05) is 10.3 Å². The zero-order chi connectivity index (χ0) is 12.4. The van der Waals surface area contributed by atoms with Gasteiger partial charge in [-0.2, -0.15) is 0 Å². The minimum Gasteiger partial charge on any atom is -0.467 e. The second-order valence-corrected chi connectivity index (χ2v) is 4.52. The SMILES string of the molecule is COC(=O)C(O)C(O)c1cccc2ccsc12. The molecule has 2 atom stereocenters. The molecule has 1 aromatic carbocycles. The van der Waals surface area contributed by atoms with Crippen LogP contribution in [-0.2, 0) is 9.53 Å². The first-order chi connectivity index (χ1) is 8.15.